The number of aryl methyl sites for hydroxylation is 1. The third kappa shape index (κ3) is 3.26. The standard InChI is InChI=1S/C12H15N3O2/c1-3-10(7-16)15-12(17)11-5-4-9(6-13)8(2)14-11/h4-5,10,16H,3,7H2,1-2H3,(H,15,17)/t10-/m1/s1. The molecule has 5 nitrogen and oxygen atoms in total. The number of carbonyl (C=O) groups is 1. The van der Waals surface area contributed by atoms with Gasteiger partial charge in [-0.3, -0.25) is 4.79 Å². The van der Waals surface area contributed by atoms with E-state index in [-0.39, 0.29) is 24.2 Å². The first kappa shape index (κ1) is 13.1. The highest BCUT2D eigenvalue weighted by molar-refractivity contribution is 5.92. The fraction of sp³-hybridized carbons (Fsp3) is 0.417. The molecular formula is C12H15N3O2. The molecule has 0 saturated heterocycles. The molecule has 1 atom stereocenters. The molecule has 0 aliphatic rings. The Labute approximate surface area is 100 Å². The topological polar surface area (TPSA) is 86.0 Å². The Hall–Kier alpha value is -1.93. The number of pyridine rings is 1. The quantitative estimate of drug-likeness (QED) is 0.804. The predicted octanol–water partition coefficient (Wildman–Crippen LogP) is 0.762. The molecular weight excluding hydrogens is 218 g/mol. The highest BCUT2D eigenvalue weighted by atomic mass is 16.3. The van der Waals surface area contributed by atoms with E-state index in [0.29, 0.717) is 17.7 Å². The molecule has 2 N–H and O–H groups in total. The highest BCUT2D eigenvalue weighted by Crippen LogP contribution is 2.05. The van der Waals surface area contributed by atoms with Gasteiger partial charge in [0.15, 0.2) is 0 Å². The van der Waals surface area contributed by atoms with Crippen molar-refractivity contribution >= 4 is 5.91 Å². The monoisotopic (exact) mass is 233 g/mol. The van der Waals surface area contributed by atoms with E-state index in [1.165, 1.54) is 6.07 Å². The minimum absolute atomic E-state index is 0.0997. The second-order valence-corrected chi connectivity index (χ2v) is 3.70. The van der Waals surface area contributed by atoms with Crippen molar-refractivity contribution in [2.24, 2.45) is 0 Å². The van der Waals surface area contributed by atoms with Crippen molar-refractivity contribution in [2.45, 2.75) is 26.3 Å². The van der Waals surface area contributed by atoms with E-state index in [9.17, 15) is 4.79 Å². The van der Waals surface area contributed by atoms with Crippen LogP contribution >= 0.6 is 0 Å². The van der Waals surface area contributed by atoms with Crippen molar-refractivity contribution in [3.05, 3.63) is 29.1 Å². The Balaban J connectivity index is 2.84. The summed E-state index contributed by atoms with van der Waals surface area (Å²) in [6.45, 7) is 3.45. The molecule has 0 unspecified atom stereocenters. The van der Waals surface area contributed by atoms with Crippen LogP contribution in [-0.2, 0) is 0 Å². The average Bonchev–Trinajstić information content (AvgIpc) is 2.35. The van der Waals surface area contributed by atoms with Gasteiger partial charge in [-0.2, -0.15) is 5.26 Å². The smallest absolute Gasteiger partial charge is 0.270 e. The lowest BCUT2D eigenvalue weighted by Gasteiger charge is -2.13. The van der Waals surface area contributed by atoms with E-state index in [2.05, 4.69) is 10.3 Å². The van der Waals surface area contributed by atoms with Gasteiger partial charge in [0, 0.05) is 0 Å². The largest absolute Gasteiger partial charge is 0.394 e. The summed E-state index contributed by atoms with van der Waals surface area (Å²) in [6, 6.07) is 4.80. The van der Waals surface area contributed by atoms with Crippen LogP contribution in [0.25, 0.3) is 0 Å². The van der Waals surface area contributed by atoms with Crippen molar-refractivity contribution < 1.29 is 9.90 Å². The maximum atomic E-state index is 11.8. The molecule has 0 spiro atoms. The van der Waals surface area contributed by atoms with Crippen LogP contribution in [0.15, 0.2) is 12.1 Å². The van der Waals surface area contributed by atoms with Crippen molar-refractivity contribution in [3.63, 3.8) is 0 Å². The summed E-state index contributed by atoms with van der Waals surface area (Å²) in [5.74, 6) is -0.335. The summed E-state index contributed by atoms with van der Waals surface area (Å²) in [5, 5.41) is 20.4. The number of rotatable bonds is 4. The molecule has 0 radical (unpaired) electrons. The first-order valence-electron chi connectivity index (χ1n) is 5.41. The van der Waals surface area contributed by atoms with Crippen LogP contribution in [0.1, 0.15) is 35.1 Å². The number of aromatic nitrogens is 1. The number of hydrogen-bond donors (Lipinski definition) is 2. The first-order chi connectivity index (χ1) is 8.12. The van der Waals surface area contributed by atoms with Crippen LogP contribution < -0.4 is 5.32 Å². The predicted molar refractivity (Wildman–Crippen MR) is 62.3 cm³/mol. The molecule has 1 rings (SSSR count). The minimum atomic E-state index is -0.335. The Kier molecular flexibility index (Phi) is 4.61. The second kappa shape index (κ2) is 5.97. The maximum Gasteiger partial charge on any atom is 0.270 e. The molecule has 0 saturated carbocycles. The third-order valence-corrected chi connectivity index (χ3v) is 2.49. The van der Waals surface area contributed by atoms with Crippen LogP contribution in [0, 0.1) is 18.3 Å². The van der Waals surface area contributed by atoms with Gasteiger partial charge in [-0.25, -0.2) is 4.98 Å². The fourth-order valence-electron chi connectivity index (χ4n) is 1.34. The first-order valence-corrected chi connectivity index (χ1v) is 5.41. The molecule has 0 fully saturated rings. The summed E-state index contributed by atoms with van der Waals surface area (Å²) in [5.41, 5.74) is 1.24. The zero-order valence-electron chi connectivity index (χ0n) is 9.90. The van der Waals surface area contributed by atoms with Gasteiger partial charge < -0.3 is 10.4 Å². The van der Waals surface area contributed by atoms with E-state index in [1.807, 2.05) is 13.0 Å². The Morgan fingerprint density at radius 2 is 2.35 bits per heavy atom. The van der Waals surface area contributed by atoms with Gasteiger partial charge >= 0.3 is 0 Å². The zero-order valence-corrected chi connectivity index (χ0v) is 9.90. The molecule has 0 bridgehead atoms. The van der Waals surface area contributed by atoms with Crippen molar-refractivity contribution in [1.29, 1.82) is 5.26 Å². The lowest BCUT2D eigenvalue weighted by atomic mass is 10.2. The molecule has 1 amide bonds. The van der Waals surface area contributed by atoms with Crippen LogP contribution in [0.3, 0.4) is 0 Å². The van der Waals surface area contributed by atoms with E-state index in [1.54, 1.807) is 13.0 Å². The van der Waals surface area contributed by atoms with Crippen molar-refractivity contribution in [3.8, 4) is 6.07 Å². The molecule has 1 heterocycles. The van der Waals surface area contributed by atoms with E-state index >= 15 is 0 Å². The van der Waals surface area contributed by atoms with Crippen LogP contribution in [0.4, 0.5) is 0 Å². The second-order valence-electron chi connectivity index (χ2n) is 3.70. The molecule has 0 aliphatic carbocycles. The number of nitrogens with one attached hydrogen (secondary N) is 1. The molecule has 0 aliphatic heterocycles. The van der Waals surface area contributed by atoms with Crippen molar-refractivity contribution in [2.75, 3.05) is 6.61 Å². The number of amides is 1. The van der Waals surface area contributed by atoms with Gasteiger partial charge in [-0.05, 0) is 25.5 Å². The molecule has 1 aromatic heterocycles. The molecule has 17 heavy (non-hydrogen) atoms. The Bertz CT molecular complexity index is 448. The summed E-state index contributed by atoms with van der Waals surface area (Å²) in [4.78, 5) is 15.8. The normalized spacial score (nSPS) is 11.6. The molecule has 1 aromatic rings. The SMILES string of the molecule is CC[C@H](CO)NC(=O)c1ccc(C#N)c(C)n1. The van der Waals surface area contributed by atoms with Crippen LogP contribution in [0.5, 0.6) is 0 Å². The zero-order chi connectivity index (χ0) is 12.8. The van der Waals surface area contributed by atoms with Gasteiger partial charge in [0.1, 0.15) is 11.8 Å². The van der Waals surface area contributed by atoms with Gasteiger partial charge in [-0.1, -0.05) is 6.92 Å². The summed E-state index contributed by atoms with van der Waals surface area (Å²) < 4.78 is 0. The maximum absolute atomic E-state index is 11.8. The van der Waals surface area contributed by atoms with Gasteiger partial charge in [0.05, 0.1) is 23.9 Å². The number of nitrogens with zero attached hydrogens (tertiary/aromatic N) is 2. The molecule has 0 aromatic carbocycles. The van der Waals surface area contributed by atoms with E-state index in [0.717, 1.165) is 0 Å². The number of aliphatic hydroxyl groups excluding tert-OH is 1. The van der Waals surface area contributed by atoms with Gasteiger partial charge in [0.25, 0.3) is 5.91 Å². The van der Waals surface area contributed by atoms with E-state index in [4.69, 9.17) is 10.4 Å². The number of nitriles is 1. The fourth-order valence-corrected chi connectivity index (χ4v) is 1.34. The Morgan fingerprint density at radius 3 is 2.82 bits per heavy atom. The van der Waals surface area contributed by atoms with E-state index < -0.39 is 0 Å². The summed E-state index contributed by atoms with van der Waals surface area (Å²) in [6.07, 6.45) is 0.650. The van der Waals surface area contributed by atoms with Gasteiger partial charge in [-0.15, -0.1) is 0 Å². The Morgan fingerprint density at radius 1 is 1.65 bits per heavy atom. The lowest BCUT2D eigenvalue weighted by molar-refractivity contribution is 0.0909. The third-order valence-electron chi connectivity index (χ3n) is 2.49. The minimum Gasteiger partial charge on any atom is -0.394 e. The summed E-state index contributed by atoms with van der Waals surface area (Å²) in [7, 11) is 0. The van der Waals surface area contributed by atoms with Gasteiger partial charge in [0.2, 0.25) is 0 Å². The molecule has 90 valence electrons. The van der Waals surface area contributed by atoms with Crippen LogP contribution in [-0.4, -0.2) is 28.6 Å². The number of hydrogen-bond acceptors (Lipinski definition) is 4. The highest BCUT2D eigenvalue weighted by Gasteiger charge is 2.13. The van der Waals surface area contributed by atoms with Crippen molar-refractivity contribution in [1.82, 2.24) is 10.3 Å². The summed E-state index contributed by atoms with van der Waals surface area (Å²) >= 11 is 0. The molecule has 5 heteroatoms. The average molecular weight is 233 g/mol. The number of carbonyl (C=O) groups excluding carboxylic acids is 1. The number of aliphatic hydroxyl groups is 1. The lowest BCUT2D eigenvalue weighted by Crippen LogP contribution is -2.37. The van der Waals surface area contributed by atoms with Crippen LogP contribution in [0.2, 0.25) is 0 Å².